The van der Waals surface area contributed by atoms with E-state index in [-0.39, 0.29) is 0 Å². The van der Waals surface area contributed by atoms with Crippen LogP contribution in [0.2, 0.25) is 5.02 Å². The van der Waals surface area contributed by atoms with Crippen LogP contribution in [0.5, 0.6) is 0 Å². The lowest BCUT2D eigenvalue weighted by molar-refractivity contribution is 0.195. The third-order valence-electron chi connectivity index (χ3n) is 4.51. The quantitative estimate of drug-likeness (QED) is 0.798. The summed E-state index contributed by atoms with van der Waals surface area (Å²) >= 11 is 6.30. The molecule has 1 aromatic rings. The van der Waals surface area contributed by atoms with Crippen molar-refractivity contribution in [3.05, 3.63) is 34.9 Å². The first kappa shape index (κ1) is 14.9. The van der Waals surface area contributed by atoms with E-state index in [2.05, 4.69) is 38.2 Å². The number of hydrogen-bond acceptors (Lipinski definition) is 1. The van der Waals surface area contributed by atoms with Crippen LogP contribution in [0, 0.1) is 11.8 Å². The fraction of sp³-hybridized carbons (Fsp3) is 0.647. The zero-order chi connectivity index (χ0) is 13.8. The number of hydrogen-bond donors (Lipinski definition) is 1. The van der Waals surface area contributed by atoms with Gasteiger partial charge < -0.3 is 5.32 Å². The molecule has 1 nitrogen and oxygen atoms in total. The zero-order valence-corrected chi connectivity index (χ0v) is 13.1. The molecule has 0 aromatic heterocycles. The SMILES string of the molecule is CC(NC1CCCCC1C(C)C)c1ccccc1Cl. The van der Waals surface area contributed by atoms with Gasteiger partial charge in [-0.2, -0.15) is 0 Å². The van der Waals surface area contributed by atoms with E-state index in [1.54, 1.807) is 0 Å². The summed E-state index contributed by atoms with van der Waals surface area (Å²) in [6.07, 6.45) is 5.42. The second kappa shape index (κ2) is 6.76. The standard InChI is InChI=1S/C17H26ClN/c1-12(2)14-8-5-7-11-17(14)19-13(3)15-9-4-6-10-16(15)18/h4,6,9-10,12-14,17,19H,5,7-8,11H2,1-3H3. The third kappa shape index (κ3) is 3.73. The molecule has 1 saturated carbocycles. The highest BCUT2D eigenvalue weighted by Crippen LogP contribution is 2.32. The summed E-state index contributed by atoms with van der Waals surface area (Å²) in [6, 6.07) is 9.15. The van der Waals surface area contributed by atoms with Gasteiger partial charge in [0.1, 0.15) is 0 Å². The van der Waals surface area contributed by atoms with Gasteiger partial charge in [-0.3, -0.25) is 0 Å². The Bertz CT molecular complexity index is 402. The predicted octanol–water partition coefficient (Wildman–Crippen LogP) is 5.21. The molecule has 0 heterocycles. The number of halogens is 1. The Morgan fingerprint density at radius 2 is 1.79 bits per heavy atom. The lowest BCUT2D eigenvalue weighted by Gasteiger charge is -2.37. The van der Waals surface area contributed by atoms with E-state index in [4.69, 9.17) is 11.6 Å². The van der Waals surface area contributed by atoms with Crippen molar-refractivity contribution in [3.8, 4) is 0 Å². The van der Waals surface area contributed by atoms with Crippen LogP contribution in [-0.2, 0) is 0 Å². The predicted molar refractivity (Wildman–Crippen MR) is 83.6 cm³/mol. The largest absolute Gasteiger partial charge is 0.307 e. The van der Waals surface area contributed by atoms with Crippen molar-refractivity contribution in [2.75, 3.05) is 0 Å². The zero-order valence-electron chi connectivity index (χ0n) is 12.3. The maximum Gasteiger partial charge on any atom is 0.0453 e. The summed E-state index contributed by atoms with van der Waals surface area (Å²) in [6.45, 7) is 6.93. The fourth-order valence-electron chi connectivity index (χ4n) is 3.40. The molecule has 1 aromatic carbocycles. The van der Waals surface area contributed by atoms with E-state index in [9.17, 15) is 0 Å². The molecule has 0 bridgehead atoms. The van der Waals surface area contributed by atoms with Crippen molar-refractivity contribution in [1.82, 2.24) is 5.32 Å². The second-order valence-electron chi connectivity index (χ2n) is 6.21. The highest BCUT2D eigenvalue weighted by atomic mass is 35.5. The summed E-state index contributed by atoms with van der Waals surface area (Å²) in [5, 5.41) is 4.70. The Morgan fingerprint density at radius 3 is 2.47 bits per heavy atom. The van der Waals surface area contributed by atoms with Crippen LogP contribution in [0.4, 0.5) is 0 Å². The van der Waals surface area contributed by atoms with Gasteiger partial charge in [0.25, 0.3) is 0 Å². The summed E-state index contributed by atoms with van der Waals surface area (Å²) in [5.41, 5.74) is 1.22. The molecule has 2 heteroatoms. The van der Waals surface area contributed by atoms with Crippen molar-refractivity contribution >= 4 is 11.6 Å². The van der Waals surface area contributed by atoms with Gasteiger partial charge in [-0.1, -0.05) is 56.5 Å². The van der Waals surface area contributed by atoms with Crippen LogP contribution >= 0.6 is 11.6 Å². The van der Waals surface area contributed by atoms with Crippen LogP contribution in [0.1, 0.15) is 58.1 Å². The molecule has 1 N–H and O–H groups in total. The molecule has 1 fully saturated rings. The van der Waals surface area contributed by atoms with E-state index in [0.717, 1.165) is 16.9 Å². The summed E-state index contributed by atoms with van der Waals surface area (Å²) in [4.78, 5) is 0. The fourth-order valence-corrected chi connectivity index (χ4v) is 3.70. The molecule has 0 amide bonds. The molecule has 1 aliphatic rings. The van der Waals surface area contributed by atoms with Crippen molar-refractivity contribution in [2.24, 2.45) is 11.8 Å². The number of nitrogens with one attached hydrogen (secondary N) is 1. The van der Waals surface area contributed by atoms with E-state index >= 15 is 0 Å². The molecule has 2 rings (SSSR count). The minimum absolute atomic E-state index is 0.332. The Balaban J connectivity index is 2.05. The topological polar surface area (TPSA) is 12.0 Å². The molecule has 3 unspecified atom stereocenters. The van der Waals surface area contributed by atoms with Gasteiger partial charge >= 0.3 is 0 Å². The first-order chi connectivity index (χ1) is 9.09. The Kier molecular flexibility index (Phi) is 5.29. The summed E-state index contributed by atoms with van der Waals surface area (Å²) in [7, 11) is 0. The lowest BCUT2D eigenvalue weighted by Crippen LogP contribution is -2.42. The van der Waals surface area contributed by atoms with Gasteiger partial charge in [0.2, 0.25) is 0 Å². The number of rotatable bonds is 4. The van der Waals surface area contributed by atoms with Crippen LogP contribution < -0.4 is 5.32 Å². The van der Waals surface area contributed by atoms with Gasteiger partial charge in [-0.25, -0.2) is 0 Å². The van der Waals surface area contributed by atoms with Gasteiger partial charge in [-0.05, 0) is 43.2 Å². The smallest absolute Gasteiger partial charge is 0.0453 e. The van der Waals surface area contributed by atoms with Crippen LogP contribution in [-0.4, -0.2) is 6.04 Å². The van der Waals surface area contributed by atoms with Crippen molar-refractivity contribution in [1.29, 1.82) is 0 Å². The maximum absolute atomic E-state index is 6.30. The minimum atomic E-state index is 0.332. The van der Waals surface area contributed by atoms with E-state index in [0.29, 0.717) is 12.1 Å². The minimum Gasteiger partial charge on any atom is -0.307 e. The monoisotopic (exact) mass is 279 g/mol. The van der Waals surface area contributed by atoms with Crippen LogP contribution in [0.25, 0.3) is 0 Å². The molecule has 1 aliphatic carbocycles. The Labute approximate surface area is 122 Å². The Morgan fingerprint density at radius 1 is 1.11 bits per heavy atom. The average molecular weight is 280 g/mol. The second-order valence-corrected chi connectivity index (χ2v) is 6.62. The third-order valence-corrected chi connectivity index (χ3v) is 4.86. The molecular formula is C17H26ClN. The van der Waals surface area contributed by atoms with Crippen molar-refractivity contribution in [3.63, 3.8) is 0 Å². The highest BCUT2D eigenvalue weighted by Gasteiger charge is 2.28. The highest BCUT2D eigenvalue weighted by molar-refractivity contribution is 6.31. The van der Waals surface area contributed by atoms with Crippen molar-refractivity contribution in [2.45, 2.75) is 58.5 Å². The molecule has 0 saturated heterocycles. The van der Waals surface area contributed by atoms with Gasteiger partial charge in [0.15, 0.2) is 0 Å². The van der Waals surface area contributed by atoms with Crippen molar-refractivity contribution < 1.29 is 0 Å². The van der Waals surface area contributed by atoms with E-state index in [1.165, 1.54) is 31.2 Å². The summed E-state index contributed by atoms with van der Waals surface area (Å²) < 4.78 is 0. The van der Waals surface area contributed by atoms with Gasteiger partial charge in [0.05, 0.1) is 0 Å². The summed E-state index contributed by atoms with van der Waals surface area (Å²) in [5.74, 6) is 1.56. The normalized spacial score (nSPS) is 25.5. The Hall–Kier alpha value is -0.530. The lowest BCUT2D eigenvalue weighted by atomic mass is 9.77. The molecule has 19 heavy (non-hydrogen) atoms. The van der Waals surface area contributed by atoms with E-state index < -0.39 is 0 Å². The first-order valence-corrected chi connectivity index (χ1v) is 7.98. The van der Waals surface area contributed by atoms with Crippen LogP contribution in [0.3, 0.4) is 0 Å². The molecule has 0 spiro atoms. The molecule has 106 valence electrons. The van der Waals surface area contributed by atoms with Gasteiger partial charge in [0, 0.05) is 17.1 Å². The molecular weight excluding hydrogens is 254 g/mol. The van der Waals surface area contributed by atoms with Crippen LogP contribution in [0.15, 0.2) is 24.3 Å². The molecule has 3 atom stereocenters. The first-order valence-electron chi connectivity index (χ1n) is 7.60. The van der Waals surface area contributed by atoms with Gasteiger partial charge in [-0.15, -0.1) is 0 Å². The number of benzene rings is 1. The van der Waals surface area contributed by atoms with E-state index in [1.807, 2.05) is 12.1 Å². The maximum atomic E-state index is 6.30. The molecule has 0 aliphatic heterocycles. The molecule has 0 radical (unpaired) electrons. The average Bonchev–Trinajstić information content (AvgIpc) is 2.39.